The molecule has 0 fully saturated rings. The van der Waals surface area contributed by atoms with Gasteiger partial charge in [-0.25, -0.2) is 19.2 Å². The first-order valence-corrected chi connectivity index (χ1v) is 10.8. The number of fused-ring (bicyclic) bond motifs is 2. The maximum Gasteiger partial charge on any atom is 0.200 e. The molecule has 3 rings (SSSR count). The highest BCUT2D eigenvalue weighted by Crippen LogP contribution is 2.45. The van der Waals surface area contributed by atoms with Crippen LogP contribution in [-0.4, -0.2) is 95.9 Å². The Morgan fingerprint density at radius 2 is 1.17 bits per heavy atom. The third kappa shape index (κ3) is 5.05. The fourth-order valence-electron chi connectivity index (χ4n) is 3.87. The second kappa shape index (κ2) is 9.04. The van der Waals surface area contributed by atoms with Crippen LogP contribution in [-0.2, 0) is 0 Å². The molecule has 0 saturated carbocycles. The number of hydrogen-bond acceptors (Lipinski definition) is 8. The van der Waals surface area contributed by atoms with Gasteiger partial charge in [-0.2, -0.15) is 9.29 Å². The van der Waals surface area contributed by atoms with Crippen molar-refractivity contribution >= 4 is 22.9 Å². The molecule has 6 N–H and O–H groups in total. The number of anilines is 2. The van der Waals surface area contributed by atoms with Gasteiger partial charge in [-0.05, 0) is 18.6 Å². The van der Waals surface area contributed by atoms with Crippen molar-refractivity contribution in [2.24, 2.45) is 0 Å². The minimum atomic E-state index is -1.44. The molecule has 0 saturated heterocycles. The molecule has 0 unspecified atom stereocenters. The van der Waals surface area contributed by atoms with E-state index in [0.29, 0.717) is 0 Å². The molecule has 0 spiro atoms. The molecule has 1 aliphatic rings. The maximum atomic E-state index is 15.3. The molecule has 2 aromatic carbocycles. The lowest BCUT2D eigenvalue weighted by Gasteiger charge is -2.27. The van der Waals surface area contributed by atoms with Crippen molar-refractivity contribution in [3.05, 3.63) is 45.5 Å². The van der Waals surface area contributed by atoms with E-state index in [1.54, 1.807) is 0 Å². The number of aromatic hydroxyl groups is 2. The summed E-state index contributed by atoms with van der Waals surface area (Å²) in [6, 6.07) is 1.10. The zero-order valence-electron chi connectivity index (χ0n) is 20.2. The first-order chi connectivity index (χ1) is 16.0. The number of carbonyl (C=O) groups excluding carboxylic acids is 2. The molecule has 10 nitrogen and oxygen atoms in total. The normalized spacial score (nSPS) is 13.5. The average molecular weight is 497 g/mol. The molecule has 0 radical (unpaired) electrons. The number of phenolic OH excluding ortho intramolecular Hbond substituents is 2. The van der Waals surface area contributed by atoms with Gasteiger partial charge in [0.1, 0.15) is 24.6 Å². The zero-order valence-corrected chi connectivity index (χ0v) is 20.2. The van der Waals surface area contributed by atoms with E-state index in [1.165, 1.54) is 35.1 Å². The molecule has 0 amide bonds. The lowest BCUT2D eigenvalue weighted by molar-refractivity contribution is -1.07. The molecule has 2 aromatic rings. The third-order valence-electron chi connectivity index (χ3n) is 5.68. The lowest BCUT2D eigenvalue weighted by Crippen LogP contribution is -2.40. The van der Waals surface area contributed by atoms with Crippen LogP contribution in [0.4, 0.5) is 20.2 Å². The van der Waals surface area contributed by atoms with Crippen molar-refractivity contribution in [1.82, 2.24) is 0 Å². The van der Waals surface area contributed by atoms with Crippen molar-refractivity contribution < 1.29 is 48.3 Å². The van der Waals surface area contributed by atoms with Crippen LogP contribution in [0.2, 0.25) is 0 Å². The fourth-order valence-corrected chi connectivity index (χ4v) is 3.87. The predicted octanol–water partition coefficient (Wildman–Crippen LogP) is 2.21. The molecule has 0 aliphatic heterocycles. The summed E-state index contributed by atoms with van der Waals surface area (Å²) in [6.45, 7) is 1.33. The Balaban J connectivity index is 2.25. The van der Waals surface area contributed by atoms with Gasteiger partial charge in [0.15, 0.2) is 11.6 Å². The summed E-state index contributed by atoms with van der Waals surface area (Å²) in [7, 11) is 5.82. The van der Waals surface area contributed by atoms with Crippen molar-refractivity contribution in [3.63, 3.8) is 0 Å². The number of nitrogens with one attached hydrogen (secondary N) is 2. The Morgan fingerprint density at radius 3 is 1.57 bits per heavy atom. The molecular weight excluding hydrogens is 466 g/mol. The number of aryl methyl sites for hydroxylation is 1. The Bertz CT molecular complexity index is 1220. The fraction of sp³-hybridized carbons (Fsp3) is 0.391. The number of phenols is 2. The Kier molecular flexibility index (Phi) is 6.79. The first-order valence-electron chi connectivity index (χ1n) is 10.8. The largest absolute Gasteiger partial charge is 0.507 e. The van der Waals surface area contributed by atoms with Crippen LogP contribution < -0.4 is 10.6 Å². The molecule has 190 valence electrons. The van der Waals surface area contributed by atoms with Gasteiger partial charge in [0.25, 0.3) is 0 Å². The quantitative estimate of drug-likeness (QED) is 0.159. The number of halogens is 2. The van der Waals surface area contributed by atoms with Crippen LogP contribution in [0.3, 0.4) is 0 Å². The Labute approximate surface area is 200 Å². The second-order valence-electron chi connectivity index (χ2n) is 9.64. The minimum absolute atomic E-state index is 0.0448. The second-order valence-corrected chi connectivity index (χ2v) is 9.64. The molecule has 0 aromatic heterocycles. The predicted molar refractivity (Wildman–Crippen MR) is 122 cm³/mol. The first kappa shape index (κ1) is 26.3. The van der Waals surface area contributed by atoms with Gasteiger partial charge in [-0.3, -0.25) is 9.59 Å². The van der Waals surface area contributed by atoms with Gasteiger partial charge in [0, 0.05) is 0 Å². The lowest BCUT2D eigenvalue weighted by atomic mass is 9.80. The van der Waals surface area contributed by atoms with Crippen LogP contribution in [0.25, 0.3) is 0 Å². The summed E-state index contributed by atoms with van der Waals surface area (Å²) in [4.78, 5) is 27.0. The Morgan fingerprint density at radius 1 is 0.771 bits per heavy atom. The van der Waals surface area contributed by atoms with E-state index in [-0.39, 0.29) is 31.7 Å². The number of hydrogen-bond donors (Lipinski definition) is 6. The number of ketones is 2. The molecule has 0 bridgehead atoms. The highest BCUT2D eigenvalue weighted by atomic mass is 19.2. The van der Waals surface area contributed by atoms with Gasteiger partial charge in [0.2, 0.25) is 11.6 Å². The summed E-state index contributed by atoms with van der Waals surface area (Å²) in [5, 5.41) is 45.9. The topological polar surface area (TPSA) is 139 Å². The number of likely N-dealkylation sites (N-methyl/N-ethyl adjacent to an activating group) is 2. The van der Waals surface area contributed by atoms with E-state index < -0.39 is 77.6 Å². The summed E-state index contributed by atoms with van der Waals surface area (Å²) < 4.78 is 29.6. The molecule has 12 heteroatoms. The maximum absolute atomic E-state index is 15.3. The molecule has 0 heterocycles. The number of benzene rings is 2. The van der Waals surface area contributed by atoms with Crippen LogP contribution >= 0.6 is 0 Å². The average Bonchev–Trinajstić information content (AvgIpc) is 2.71. The summed E-state index contributed by atoms with van der Waals surface area (Å²) in [5.74, 6) is -5.98. The number of rotatable bonds is 8. The van der Waals surface area contributed by atoms with Gasteiger partial charge in [-0.15, -0.1) is 0 Å². The highest BCUT2D eigenvalue weighted by Gasteiger charge is 2.41. The van der Waals surface area contributed by atoms with E-state index in [1.807, 2.05) is 0 Å². The van der Waals surface area contributed by atoms with Crippen molar-refractivity contribution in [3.8, 4) is 11.5 Å². The SMILES string of the molecule is Cc1cc(O)c2c(c1O)C(=O)c1c(NCC[N+](C)(C)O)c(F)c(F)c(NCC[N+](C)(C)O)c1C2=O. The van der Waals surface area contributed by atoms with E-state index in [0.717, 1.165) is 6.07 Å². The summed E-state index contributed by atoms with van der Waals surface area (Å²) >= 11 is 0. The zero-order chi connectivity index (χ0) is 26.5. The van der Waals surface area contributed by atoms with Crippen molar-refractivity contribution in [2.45, 2.75) is 6.92 Å². The van der Waals surface area contributed by atoms with Gasteiger partial charge < -0.3 is 20.8 Å². The minimum Gasteiger partial charge on any atom is -0.507 e. The molecule has 35 heavy (non-hydrogen) atoms. The smallest absolute Gasteiger partial charge is 0.200 e. The number of nitrogens with zero attached hydrogens (tertiary/aromatic N) is 2. The van der Waals surface area contributed by atoms with Crippen molar-refractivity contribution in [2.75, 3.05) is 65.0 Å². The number of carbonyl (C=O) groups is 2. The van der Waals surface area contributed by atoms with Crippen LogP contribution in [0, 0.1) is 18.6 Å². The number of quaternary nitrogens is 2. The van der Waals surface area contributed by atoms with Gasteiger partial charge in [0.05, 0.1) is 74.9 Å². The van der Waals surface area contributed by atoms with E-state index >= 15 is 8.78 Å². The van der Waals surface area contributed by atoms with Gasteiger partial charge in [-0.1, -0.05) is 0 Å². The standard InChI is InChI=1S/C23H28F2N4O6/c1-11-10-12(30)13-16(21(11)31)23(33)15-14(22(13)32)19(26-6-8-28(2,3)34)17(24)18(25)20(15)27-7-9-29(4,5)35/h10,34-35H,6-9H2,1-5H3,(H2-2,26,27,30,31,32,33)/p+2. The molecule has 1 aliphatic carbocycles. The number of hydroxylamine groups is 6. The third-order valence-corrected chi connectivity index (χ3v) is 5.68. The van der Waals surface area contributed by atoms with Gasteiger partial charge >= 0.3 is 0 Å². The Hall–Kier alpha value is -3.32. The summed E-state index contributed by atoms with van der Waals surface area (Å²) in [6.07, 6.45) is 0. The van der Waals surface area contributed by atoms with Crippen molar-refractivity contribution in [1.29, 1.82) is 0 Å². The van der Waals surface area contributed by atoms with E-state index in [9.17, 15) is 30.2 Å². The summed E-state index contributed by atoms with van der Waals surface area (Å²) in [5.41, 5.74) is -3.13. The molecule has 0 atom stereocenters. The molecular formula is C23H30F2N4O6+2. The van der Waals surface area contributed by atoms with Crippen LogP contribution in [0.1, 0.15) is 37.4 Å². The van der Waals surface area contributed by atoms with Crippen LogP contribution in [0.5, 0.6) is 11.5 Å². The highest BCUT2D eigenvalue weighted by molar-refractivity contribution is 6.33. The van der Waals surface area contributed by atoms with Crippen LogP contribution in [0.15, 0.2) is 6.07 Å². The van der Waals surface area contributed by atoms with E-state index in [4.69, 9.17) is 0 Å². The van der Waals surface area contributed by atoms with E-state index in [2.05, 4.69) is 10.6 Å². The monoisotopic (exact) mass is 496 g/mol.